The molecular weight excluding hydrogens is 421 g/mol. The van der Waals surface area contributed by atoms with E-state index in [4.69, 9.17) is 4.74 Å². The summed E-state index contributed by atoms with van der Waals surface area (Å²) in [6.07, 6.45) is 0. The summed E-state index contributed by atoms with van der Waals surface area (Å²) in [5, 5.41) is 11.4. The fraction of sp³-hybridized carbons (Fsp3) is 0.409. The van der Waals surface area contributed by atoms with E-state index in [0.717, 1.165) is 18.1 Å². The van der Waals surface area contributed by atoms with E-state index in [9.17, 15) is 19.1 Å². The van der Waals surface area contributed by atoms with Gasteiger partial charge in [-0.05, 0) is 31.5 Å². The van der Waals surface area contributed by atoms with E-state index in [0.29, 0.717) is 42.4 Å². The summed E-state index contributed by atoms with van der Waals surface area (Å²) in [4.78, 5) is 34.7. The zero-order valence-electron chi connectivity index (χ0n) is 17.4. The molecule has 1 aromatic heterocycles. The van der Waals surface area contributed by atoms with Crippen LogP contribution in [0.5, 0.6) is 0 Å². The monoisotopic (exact) mass is 445 g/mol. The second-order valence-electron chi connectivity index (χ2n) is 7.65. The number of carbonyl (C=O) groups is 2. The lowest BCUT2D eigenvalue weighted by molar-refractivity contribution is -0.129. The summed E-state index contributed by atoms with van der Waals surface area (Å²) in [6.45, 7) is 7.11. The van der Waals surface area contributed by atoms with Gasteiger partial charge in [0.05, 0.1) is 40.4 Å². The largest absolute Gasteiger partial charge is 0.503 e. The van der Waals surface area contributed by atoms with Crippen LogP contribution in [0, 0.1) is 19.7 Å². The Morgan fingerprint density at radius 3 is 2.68 bits per heavy atom. The van der Waals surface area contributed by atoms with Crippen molar-refractivity contribution in [3.8, 4) is 0 Å². The molecule has 1 saturated heterocycles. The maximum Gasteiger partial charge on any atom is 0.290 e. The Bertz CT molecular complexity index is 1050. The fourth-order valence-corrected chi connectivity index (χ4v) is 4.95. The maximum atomic E-state index is 14.0. The number of aliphatic hydroxyl groups excluding tert-OH is 1. The van der Waals surface area contributed by atoms with E-state index >= 15 is 0 Å². The summed E-state index contributed by atoms with van der Waals surface area (Å²) in [5.41, 5.74) is 0.968. The van der Waals surface area contributed by atoms with Crippen LogP contribution in [0.2, 0.25) is 0 Å². The Morgan fingerprint density at radius 1 is 1.29 bits per heavy atom. The van der Waals surface area contributed by atoms with Gasteiger partial charge >= 0.3 is 0 Å². The molecule has 1 fully saturated rings. The lowest BCUT2D eigenvalue weighted by Crippen LogP contribution is -2.43. The van der Waals surface area contributed by atoms with E-state index in [1.54, 1.807) is 19.9 Å². The molecule has 3 heterocycles. The maximum absolute atomic E-state index is 14.0. The molecular formula is C22H24FN3O4S. The Hall–Kier alpha value is -2.62. The molecule has 9 heteroatoms. The van der Waals surface area contributed by atoms with Crippen molar-refractivity contribution in [2.75, 3.05) is 39.4 Å². The van der Waals surface area contributed by atoms with Gasteiger partial charge in [-0.1, -0.05) is 12.1 Å². The van der Waals surface area contributed by atoms with Gasteiger partial charge in [-0.25, -0.2) is 9.37 Å². The Kier molecular flexibility index (Phi) is 6.17. The lowest BCUT2D eigenvalue weighted by Gasteiger charge is -2.31. The number of aromatic nitrogens is 1. The number of aliphatic hydroxyl groups is 1. The highest BCUT2D eigenvalue weighted by molar-refractivity contribution is 7.14. The molecule has 1 aromatic carbocycles. The number of halogens is 1. The van der Waals surface area contributed by atoms with Crippen molar-refractivity contribution in [2.45, 2.75) is 19.9 Å². The summed E-state index contributed by atoms with van der Waals surface area (Å²) in [7, 11) is 0. The summed E-state index contributed by atoms with van der Waals surface area (Å²) in [6, 6.07) is 4.95. The van der Waals surface area contributed by atoms with Gasteiger partial charge in [0.15, 0.2) is 5.76 Å². The minimum absolute atomic E-state index is 0.0238. The third kappa shape index (κ3) is 4.26. The smallest absolute Gasteiger partial charge is 0.290 e. The van der Waals surface area contributed by atoms with Crippen LogP contribution in [0.3, 0.4) is 0 Å². The number of aryl methyl sites for hydroxylation is 2. The second-order valence-corrected chi connectivity index (χ2v) is 8.85. The quantitative estimate of drug-likeness (QED) is 0.689. The number of nitrogens with zero attached hydrogens (tertiary/aromatic N) is 3. The first-order valence-corrected chi connectivity index (χ1v) is 11.0. The van der Waals surface area contributed by atoms with Crippen molar-refractivity contribution >= 4 is 23.0 Å². The molecule has 1 atom stereocenters. The molecule has 0 aliphatic carbocycles. The predicted molar refractivity (Wildman–Crippen MR) is 114 cm³/mol. The number of thiazole rings is 1. The molecule has 1 amide bonds. The van der Waals surface area contributed by atoms with E-state index in [-0.39, 0.29) is 5.57 Å². The van der Waals surface area contributed by atoms with E-state index < -0.39 is 29.3 Å². The summed E-state index contributed by atoms with van der Waals surface area (Å²) >= 11 is 1.22. The van der Waals surface area contributed by atoms with Crippen molar-refractivity contribution in [2.24, 2.45) is 0 Å². The fourth-order valence-electron chi connectivity index (χ4n) is 4.08. The highest BCUT2D eigenvalue weighted by Gasteiger charge is 2.44. The molecule has 0 bridgehead atoms. The molecule has 164 valence electrons. The summed E-state index contributed by atoms with van der Waals surface area (Å²) < 4.78 is 19.4. The molecule has 4 rings (SSSR count). The predicted octanol–water partition coefficient (Wildman–Crippen LogP) is 2.81. The summed E-state index contributed by atoms with van der Waals surface area (Å²) in [5.74, 6) is -2.12. The van der Waals surface area contributed by atoms with Crippen molar-refractivity contribution in [1.82, 2.24) is 14.8 Å². The van der Waals surface area contributed by atoms with Crippen LogP contribution in [-0.4, -0.2) is 71.0 Å². The van der Waals surface area contributed by atoms with E-state index in [1.807, 2.05) is 0 Å². The topological polar surface area (TPSA) is 83.0 Å². The number of carbonyl (C=O) groups excluding carboxylic acids is 2. The van der Waals surface area contributed by atoms with Gasteiger partial charge < -0.3 is 14.7 Å². The minimum atomic E-state index is -0.862. The Balaban J connectivity index is 1.70. The first kappa shape index (κ1) is 21.6. The molecule has 0 radical (unpaired) electrons. The zero-order chi connectivity index (χ0) is 22.1. The molecule has 7 nitrogen and oxygen atoms in total. The number of amides is 1. The average Bonchev–Trinajstić information content (AvgIpc) is 3.22. The van der Waals surface area contributed by atoms with E-state index in [2.05, 4.69) is 9.88 Å². The van der Waals surface area contributed by atoms with Crippen LogP contribution in [0.15, 0.2) is 35.6 Å². The standard InChI is InChI=1S/C22H24FN3O4S/c1-13-21(31-14(2)24-13)19(27)17-18(15-4-3-5-16(23)12-15)26(22(29)20(17)28)7-6-25-8-10-30-11-9-25/h3-5,12,18,28H,6-11H2,1-2H3/t18-/m0/s1. The van der Waals surface area contributed by atoms with Crippen molar-refractivity contribution in [3.05, 3.63) is 62.6 Å². The number of rotatable bonds is 6. The van der Waals surface area contributed by atoms with Crippen LogP contribution in [0.25, 0.3) is 0 Å². The molecule has 2 aliphatic rings. The van der Waals surface area contributed by atoms with Crippen LogP contribution < -0.4 is 0 Å². The van der Waals surface area contributed by atoms with Gasteiger partial charge in [0, 0.05) is 26.2 Å². The average molecular weight is 446 g/mol. The van der Waals surface area contributed by atoms with Crippen molar-refractivity contribution < 1.29 is 23.8 Å². The first-order chi connectivity index (χ1) is 14.9. The highest BCUT2D eigenvalue weighted by atomic mass is 32.1. The molecule has 1 N–H and O–H groups in total. The van der Waals surface area contributed by atoms with Gasteiger partial charge in [-0.15, -0.1) is 11.3 Å². The third-order valence-corrected chi connectivity index (χ3v) is 6.65. The Morgan fingerprint density at radius 2 is 2.03 bits per heavy atom. The van der Waals surface area contributed by atoms with Crippen molar-refractivity contribution in [1.29, 1.82) is 0 Å². The number of ketones is 1. The van der Waals surface area contributed by atoms with Gasteiger partial charge in [0.25, 0.3) is 5.91 Å². The highest BCUT2D eigenvalue weighted by Crippen LogP contribution is 2.40. The normalized spacial score (nSPS) is 20.0. The number of ether oxygens (including phenoxy) is 1. The number of morpholine rings is 1. The zero-order valence-corrected chi connectivity index (χ0v) is 18.2. The first-order valence-electron chi connectivity index (χ1n) is 10.1. The number of benzene rings is 1. The minimum Gasteiger partial charge on any atom is -0.503 e. The second kappa shape index (κ2) is 8.86. The molecule has 0 saturated carbocycles. The van der Waals surface area contributed by atoms with Crippen LogP contribution in [-0.2, 0) is 9.53 Å². The van der Waals surface area contributed by atoms with Gasteiger partial charge in [0.1, 0.15) is 5.82 Å². The molecule has 31 heavy (non-hydrogen) atoms. The van der Waals surface area contributed by atoms with Crippen LogP contribution in [0.1, 0.15) is 32.0 Å². The SMILES string of the molecule is Cc1nc(C)c(C(=O)C2=C(O)C(=O)N(CCN3CCOCC3)[C@H]2c2cccc(F)c2)s1. The van der Waals surface area contributed by atoms with Crippen LogP contribution >= 0.6 is 11.3 Å². The van der Waals surface area contributed by atoms with Gasteiger partial charge in [0.2, 0.25) is 5.78 Å². The lowest BCUT2D eigenvalue weighted by atomic mass is 9.95. The van der Waals surface area contributed by atoms with Crippen molar-refractivity contribution in [3.63, 3.8) is 0 Å². The van der Waals surface area contributed by atoms with E-state index in [1.165, 1.54) is 34.4 Å². The number of hydrogen-bond acceptors (Lipinski definition) is 7. The molecule has 2 aliphatic heterocycles. The Labute approximate surface area is 183 Å². The number of Topliss-reactive ketones (excluding diaryl/α,β-unsaturated/α-hetero) is 1. The van der Waals surface area contributed by atoms with Gasteiger partial charge in [-0.3, -0.25) is 14.5 Å². The number of hydrogen-bond donors (Lipinski definition) is 1. The van der Waals surface area contributed by atoms with Crippen LogP contribution in [0.4, 0.5) is 4.39 Å². The van der Waals surface area contributed by atoms with Gasteiger partial charge in [-0.2, -0.15) is 0 Å². The molecule has 0 spiro atoms. The molecule has 2 aromatic rings. The third-order valence-electron chi connectivity index (χ3n) is 5.58. The molecule has 0 unspecified atom stereocenters.